The van der Waals surface area contributed by atoms with E-state index in [0.717, 1.165) is 11.8 Å². The van der Waals surface area contributed by atoms with E-state index in [0.29, 0.717) is 0 Å². The van der Waals surface area contributed by atoms with Crippen LogP contribution in [0.15, 0.2) is 24.3 Å². The molecule has 18 heavy (non-hydrogen) atoms. The SMILES string of the molecule is CCCC1CCC(CCc2cc[c-]cc2)CC1.[Li+]. The second kappa shape index (κ2) is 8.84. The first-order valence-corrected chi connectivity index (χ1v) is 7.33. The van der Waals surface area contributed by atoms with Gasteiger partial charge in [-0.1, -0.05) is 51.9 Å². The Bertz CT molecular complexity index is 299. The summed E-state index contributed by atoms with van der Waals surface area (Å²) in [4.78, 5) is 0. The quantitative estimate of drug-likeness (QED) is 0.542. The molecule has 2 rings (SSSR count). The van der Waals surface area contributed by atoms with Crippen LogP contribution in [0.25, 0.3) is 0 Å². The van der Waals surface area contributed by atoms with Crippen molar-refractivity contribution in [1.82, 2.24) is 0 Å². The third-order valence-electron chi connectivity index (χ3n) is 4.29. The number of rotatable bonds is 5. The molecule has 0 aromatic heterocycles. The smallest absolute Gasteiger partial charge is 0.184 e. The van der Waals surface area contributed by atoms with Gasteiger partial charge >= 0.3 is 18.9 Å². The Morgan fingerprint density at radius 3 is 2.11 bits per heavy atom. The second-order valence-corrected chi connectivity index (χ2v) is 5.62. The molecule has 0 radical (unpaired) electrons. The van der Waals surface area contributed by atoms with Gasteiger partial charge in [0.1, 0.15) is 0 Å². The minimum absolute atomic E-state index is 0. The van der Waals surface area contributed by atoms with Crippen LogP contribution in [0.4, 0.5) is 0 Å². The van der Waals surface area contributed by atoms with Gasteiger partial charge in [-0.3, -0.25) is 0 Å². The molecule has 0 aliphatic heterocycles. The molecule has 1 heteroatoms. The summed E-state index contributed by atoms with van der Waals surface area (Å²) in [5.41, 5.74) is 1.49. The average Bonchev–Trinajstić information content (AvgIpc) is 2.40. The minimum Gasteiger partial charge on any atom is -0.184 e. The molecule has 1 aromatic carbocycles. The predicted molar refractivity (Wildman–Crippen MR) is 74.0 cm³/mol. The Morgan fingerprint density at radius 2 is 1.56 bits per heavy atom. The van der Waals surface area contributed by atoms with E-state index in [4.69, 9.17) is 0 Å². The van der Waals surface area contributed by atoms with E-state index >= 15 is 0 Å². The molecule has 0 saturated heterocycles. The van der Waals surface area contributed by atoms with Crippen LogP contribution in [0.2, 0.25) is 0 Å². The van der Waals surface area contributed by atoms with Crippen LogP contribution in [-0.2, 0) is 6.42 Å². The van der Waals surface area contributed by atoms with Crippen LogP contribution < -0.4 is 18.9 Å². The van der Waals surface area contributed by atoms with E-state index in [-0.39, 0.29) is 18.9 Å². The van der Waals surface area contributed by atoms with E-state index in [2.05, 4.69) is 25.1 Å². The third-order valence-corrected chi connectivity index (χ3v) is 4.29. The van der Waals surface area contributed by atoms with Gasteiger partial charge in [0.05, 0.1) is 0 Å². The summed E-state index contributed by atoms with van der Waals surface area (Å²) in [6.45, 7) is 2.32. The summed E-state index contributed by atoms with van der Waals surface area (Å²) in [6.07, 6.45) is 11.4. The molecular weight excluding hydrogens is 211 g/mol. The van der Waals surface area contributed by atoms with Gasteiger partial charge in [0.15, 0.2) is 0 Å². The van der Waals surface area contributed by atoms with E-state index in [1.54, 1.807) is 0 Å². The Hall–Kier alpha value is -0.183. The molecular formula is C17H25Li. The molecule has 0 unspecified atom stereocenters. The van der Waals surface area contributed by atoms with Crippen LogP contribution in [0.3, 0.4) is 0 Å². The molecule has 0 spiro atoms. The topological polar surface area (TPSA) is 0 Å². The fraction of sp³-hybridized carbons (Fsp3) is 0.647. The summed E-state index contributed by atoms with van der Waals surface area (Å²) in [7, 11) is 0. The average molecular weight is 236 g/mol. The molecule has 94 valence electrons. The largest absolute Gasteiger partial charge is 1.00 e. The van der Waals surface area contributed by atoms with Crippen molar-refractivity contribution < 1.29 is 18.9 Å². The van der Waals surface area contributed by atoms with Gasteiger partial charge in [-0.15, -0.1) is 0 Å². The first kappa shape index (κ1) is 15.9. The second-order valence-electron chi connectivity index (χ2n) is 5.62. The van der Waals surface area contributed by atoms with Crippen LogP contribution in [0.5, 0.6) is 0 Å². The maximum Gasteiger partial charge on any atom is 1.00 e. The fourth-order valence-corrected chi connectivity index (χ4v) is 3.18. The number of hydrogen-bond donors (Lipinski definition) is 0. The predicted octanol–water partition coefficient (Wildman–Crippen LogP) is 2.03. The summed E-state index contributed by atoms with van der Waals surface area (Å²) in [5, 5.41) is 0. The zero-order valence-corrected chi connectivity index (χ0v) is 12.1. The van der Waals surface area contributed by atoms with Gasteiger partial charge < -0.3 is 0 Å². The van der Waals surface area contributed by atoms with Crippen molar-refractivity contribution in [3.63, 3.8) is 0 Å². The van der Waals surface area contributed by atoms with Crippen molar-refractivity contribution in [2.45, 2.75) is 58.3 Å². The van der Waals surface area contributed by atoms with Gasteiger partial charge in [0.25, 0.3) is 0 Å². The monoisotopic (exact) mass is 236 g/mol. The number of aryl methyl sites for hydroxylation is 1. The molecule has 1 saturated carbocycles. The zero-order chi connectivity index (χ0) is 11.9. The molecule has 1 aliphatic carbocycles. The summed E-state index contributed by atoms with van der Waals surface area (Å²) in [6, 6.07) is 11.6. The first-order chi connectivity index (χ1) is 8.38. The molecule has 1 aromatic rings. The molecule has 0 heterocycles. The van der Waals surface area contributed by atoms with Crippen LogP contribution in [0.1, 0.15) is 57.4 Å². The maximum absolute atomic E-state index is 3.09. The van der Waals surface area contributed by atoms with E-state index in [9.17, 15) is 0 Å². The van der Waals surface area contributed by atoms with Crippen molar-refractivity contribution in [3.8, 4) is 0 Å². The maximum atomic E-state index is 3.09. The van der Waals surface area contributed by atoms with E-state index in [1.807, 2.05) is 12.1 Å². The standard InChI is InChI=1S/C17H25.Li/c1-2-6-15-9-12-17(13-10-15)14-11-16-7-4-3-5-8-16;/h4-5,7-8,15,17H,2,6,9-14H2,1H3;/q-1;+1. The van der Waals surface area contributed by atoms with Gasteiger partial charge in [-0.2, -0.15) is 35.9 Å². The van der Waals surface area contributed by atoms with Crippen LogP contribution >= 0.6 is 0 Å². The molecule has 1 fully saturated rings. The van der Waals surface area contributed by atoms with Gasteiger partial charge in [0.2, 0.25) is 0 Å². The molecule has 0 nitrogen and oxygen atoms in total. The van der Waals surface area contributed by atoms with Crippen molar-refractivity contribution in [2.75, 3.05) is 0 Å². The van der Waals surface area contributed by atoms with Crippen molar-refractivity contribution in [3.05, 3.63) is 35.9 Å². The summed E-state index contributed by atoms with van der Waals surface area (Å²) >= 11 is 0. The molecule has 0 amide bonds. The third kappa shape index (κ3) is 5.21. The summed E-state index contributed by atoms with van der Waals surface area (Å²) in [5.74, 6) is 2.04. The van der Waals surface area contributed by atoms with Crippen LogP contribution in [0, 0.1) is 17.9 Å². The van der Waals surface area contributed by atoms with E-state index in [1.165, 1.54) is 56.9 Å². The van der Waals surface area contributed by atoms with Crippen LogP contribution in [-0.4, -0.2) is 0 Å². The molecule has 1 aliphatic rings. The Balaban J connectivity index is 0.00000162. The Labute approximate surface area is 125 Å². The van der Waals surface area contributed by atoms with Crippen molar-refractivity contribution in [2.24, 2.45) is 11.8 Å². The van der Waals surface area contributed by atoms with Gasteiger partial charge in [0, 0.05) is 0 Å². The normalized spacial score (nSPS) is 23.4. The van der Waals surface area contributed by atoms with Crippen molar-refractivity contribution >= 4 is 0 Å². The van der Waals surface area contributed by atoms with Crippen molar-refractivity contribution in [1.29, 1.82) is 0 Å². The zero-order valence-electron chi connectivity index (χ0n) is 12.1. The van der Waals surface area contributed by atoms with Gasteiger partial charge in [-0.05, 0) is 18.3 Å². The molecule has 0 bridgehead atoms. The summed E-state index contributed by atoms with van der Waals surface area (Å²) < 4.78 is 0. The van der Waals surface area contributed by atoms with E-state index < -0.39 is 0 Å². The Kier molecular flexibility index (Phi) is 7.80. The number of hydrogen-bond acceptors (Lipinski definition) is 0. The number of benzene rings is 1. The molecule has 0 N–H and O–H groups in total. The minimum atomic E-state index is 0. The molecule has 0 atom stereocenters. The van der Waals surface area contributed by atoms with Gasteiger partial charge in [-0.25, -0.2) is 0 Å². The Morgan fingerprint density at radius 1 is 1.00 bits per heavy atom. The fourth-order valence-electron chi connectivity index (χ4n) is 3.18. The first-order valence-electron chi connectivity index (χ1n) is 7.33.